The van der Waals surface area contributed by atoms with Gasteiger partial charge < -0.3 is 16.0 Å². The number of anilines is 5. The summed E-state index contributed by atoms with van der Waals surface area (Å²) in [6, 6.07) is 16.5. The van der Waals surface area contributed by atoms with Crippen molar-refractivity contribution in [1.82, 2.24) is 15.0 Å². The van der Waals surface area contributed by atoms with Crippen molar-refractivity contribution >= 4 is 49.7 Å². The van der Waals surface area contributed by atoms with Gasteiger partial charge in [0, 0.05) is 12.2 Å². The van der Waals surface area contributed by atoms with E-state index in [4.69, 9.17) is 5.73 Å². The van der Waals surface area contributed by atoms with Gasteiger partial charge >= 0.3 is 0 Å². The monoisotopic (exact) mass is 374 g/mol. The van der Waals surface area contributed by atoms with Crippen LogP contribution >= 0.6 is 11.3 Å². The van der Waals surface area contributed by atoms with Gasteiger partial charge in [0.2, 0.25) is 0 Å². The van der Waals surface area contributed by atoms with Crippen molar-refractivity contribution in [2.24, 2.45) is 0 Å². The molecule has 0 spiro atoms. The summed E-state index contributed by atoms with van der Waals surface area (Å²) in [6.07, 6.45) is 3.70. The lowest BCUT2D eigenvalue weighted by Crippen LogP contribution is -2.26. The summed E-state index contributed by atoms with van der Waals surface area (Å²) < 4.78 is 1.12. The zero-order valence-corrected chi connectivity index (χ0v) is 15.4. The predicted molar refractivity (Wildman–Crippen MR) is 111 cm³/mol. The van der Waals surface area contributed by atoms with Crippen LogP contribution in [0.3, 0.4) is 0 Å². The molecule has 0 amide bonds. The Labute approximate surface area is 160 Å². The van der Waals surface area contributed by atoms with Crippen LogP contribution in [0.15, 0.2) is 54.9 Å². The first-order chi connectivity index (χ1) is 13.3. The standard InChI is InChI=1S/C20H18N6S/c21-17-18(25-20-24-14-8-2-4-10-16(14)27-20)22-12-23-19(17)26-11-5-7-13-6-1-3-9-15(13)26/h1-4,6,8-10,12H,5,7,11,21H2,(H,22,23,24,25). The highest BCUT2D eigenvalue weighted by Gasteiger charge is 2.22. The van der Waals surface area contributed by atoms with Crippen LogP contribution in [0, 0.1) is 0 Å². The van der Waals surface area contributed by atoms with Crippen LogP contribution in [0.2, 0.25) is 0 Å². The lowest BCUT2D eigenvalue weighted by molar-refractivity contribution is 0.759. The third kappa shape index (κ3) is 2.86. The van der Waals surface area contributed by atoms with Crippen molar-refractivity contribution < 1.29 is 0 Å². The number of benzene rings is 2. The van der Waals surface area contributed by atoms with Gasteiger partial charge in [-0.2, -0.15) is 0 Å². The molecule has 7 heteroatoms. The summed E-state index contributed by atoms with van der Waals surface area (Å²) >= 11 is 1.58. The fourth-order valence-electron chi connectivity index (χ4n) is 3.48. The molecule has 0 radical (unpaired) electrons. The first-order valence-corrected chi connectivity index (χ1v) is 9.70. The number of thiazole rings is 1. The molecule has 3 N–H and O–H groups in total. The Morgan fingerprint density at radius 1 is 1.04 bits per heavy atom. The topological polar surface area (TPSA) is 80.0 Å². The minimum atomic E-state index is 0.536. The van der Waals surface area contributed by atoms with Crippen LogP contribution < -0.4 is 16.0 Å². The molecule has 0 bridgehead atoms. The second-order valence-electron chi connectivity index (χ2n) is 6.46. The highest BCUT2D eigenvalue weighted by molar-refractivity contribution is 7.22. The maximum Gasteiger partial charge on any atom is 0.189 e. The molecule has 1 aliphatic heterocycles. The van der Waals surface area contributed by atoms with E-state index in [1.165, 1.54) is 11.3 Å². The molecule has 5 rings (SSSR count). The molecule has 4 aromatic rings. The Balaban J connectivity index is 1.51. The minimum Gasteiger partial charge on any atom is -0.393 e. The first kappa shape index (κ1) is 16.0. The van der Waals surface area contributed by atoms with Crippen molar-refractivity contribution in [3.63, 3.8) is 0 Å². The van der Waals surface area contributed by atoms with Crippen molar-refractivity contribution in [2.45, 2.75) is 12.8 Å². The number of hydrogen-bond donors (Lipinski definition) is 2. The number of hydrogen-bond acceptors (Lipinski definition) is 7. The fraction of sp³-hybridized carbons (Fsp3) is 0.150. The second-order valence-corrected chi connectivity index (χ2v) is 7.49. The molecule has 1 aliphatic rings. The van der Waals surface area contributed by atoms with Crippen molar-refractivity contribution in [1.29, 1.82) is 0 Å². The van der Waals surface area contributed by atoms with Gasteiger partial charge in [-0.25, -0.2) is 15.0 Å². The van der Waals surface area contributed by atoms with E-state index in [-0.39, 0.29) is 0 Å². The molecular weight excluding hydrogens is 356 g/mol. The highest BCUT2D eigenvalue weighted by Crippen LogP contribution is 2.38. The van der Waals surface area contributed by atoms with Crippen LogP contribution in [-0.4, -0.2) is 21.5 Å². The molecule has 0 unspecified atom stereocenters. The number of aryl methyl sites for hydroxylation is 1. The number of nitrogens with zero attached hydrogens (tertiary/aromatic N) is 4. The molecule has 2 aromatic heterocycles. The molecule has 2 aromatic carbocycles. The van der Waals surface area contributed by atoms with Gasteiger partial charge in [0.25, 0.3) is 0 Å². The van der Waals surface area contributed by atoms with E-state index in [0.29, 0.717) is 11.5 Å². The van der Waals surface area contributed by atoms with Gasteiger partial charge in [-0.1, -0.05) is 41.7 Å². The van der Waals surface area contributed by atoms with Gasteiger partial charge in [0.15, 0.2) is 16.8 Å². The molecule has 0 saturated heterocycles. The molecule has 0 fully saturated rings. The molecule has 0 atom stereocenters. The van der Waals surface area contributed by atoms with E-state index in [1.54, 1.807) is 17.7 Å². The zero-order valence-electron chi connectivity index (χ0n) is 14.6. The number of fused-ring (bicyclic) bond motifs is 2. The van der Waals surface area contributed by atoms with E-state index in [1.807, 2.05) is 18.2 Å². The highest BCUT2D eigenvalue weighted by atomic mass is 32.1. The van der Waals surface area contributed by atoms with Crippen LogP contribution in [-0.2, 0) is 6.42 Å². The molecular formula is C20H18N6S. The number of nitrogens with two attached hydrogens (primary N) is 1. The summed E-state index contributed by atoms with van der Waals surface area (Å²) in [5.41, 5.74) is 10.4. The number of nitrogens with one attached hydrogen (secondary N) is 1. The summed E-state index contributed by atoms with van der Waals surface area (Å²) in [4.78, 5) is 15.6. The number of rotatable bonds is 3. The molecule has 27 heavy (non-hydrogen) atoms. The Bertz CT molecular complexity index is 1090. The normalized spacial score (nSPS) is 13.6. The summed E-state index contributed by atoms with van der Waals surface area (Å²) in [7, 11) is 0. The third-order valence-corrected chi connectivity index (χ3v) is 5.70. The van der Waals surface area contributed by atoms with E-state index >= 15 is 0 Å². The lowest BCUT2D eigenvalue weighted by Gasteiger charge is -2.31. The number of para-hydroxylation sites is 2. The van der Waals surface area contributed by atoms with E-state index in [2.05, 4.69) is 55.5 Å². The van der Waals surface area contributed by atoms with Crippen LogP contribution in [0.1, 0.15) is 12.0 Å². The van der Waals surface area contributed by atoms with Crippen LogP contribution in [0.5, 0.6) is 0 Å². The van der Waals surface area contributed by atoms with Gasteiger partial charge in [-0.05, 0) is 36.6 Å². The van der Waals surface area contributed by atoms with Gasteiger partial charge in [-0.3, -0.25) is 0 Å². The number of aromatic nitrogens is 3. The molecule has 3 heterocycles. The summed E-state index contributed by atoms with van der Waals surface area (Å²) in [5, 5.41) is 4.04. The van der Waals surface area contributed by atoms with Gasteiger partial charge in [-0.15, -0.1) is 0 Å². The van der Waals surface area contributed by atoms with Crippen molar-refractivity contribution in [3.05, 3.63) is 60.4 Å². The number of nitrogen functional groups attached to an aromatic ring is 1. The SMILES string of the molecule is Nc1c(Nc2nc3ccccc3s2)ncnc1N1CCCc2ccccc21. The largest absolute Gasteiger partial charge is 0.393 e. The predicted octanol–water partition coefficient (Wildman–Crippen LogP) is 4.50. The quantitative estimate of drug-likeness (QED) is 0.550. The smallest absolute Gasteiger partial charge is 0.189 e. The second kappa shape index (κ2) is 6.51. The van der Waals surface area contributed by atoms with E-state index in [0.717, 1.165) is 40.6 Å². The zero-order chi connectivity index (χ0) is 18.2. The molecule has 0 saturated carbocycles. The minimum absolute atomic E-state index is 0.536. The van der Waals surface area contributed by atoms with Gasteiger partial charge in [0.1, 0.15) is 12.0 Å². The summed E-state index contributed by atoms with van der Waals surface area (Å²) in [5.74, 6) is 1.32. The maximum atomic E-state index is 6.46. The van der Waals surface area contributed by atoms with Crippen molar-refractivity contribution in [2.75, 3.05) is 22.5 Å². The first-order valence-electron chi connectivity index (χ1n) is 8.88. The fourth-order valence-corrected chi connectivity index (χ4v) is 4.35. The van der Waals surface area contributed by atoms with Crippen LogP contribution in [0.4, 0.5) is 28.1 Å². The van der Waals surface area contributed by atoms with Crippen LogP contribution in [0.25, 0.3) is 10.2 Å². The molecule has 0 aliphatic carbocycles. The van der Waals surface area contributed by atoms with E-state index < -0.39 is 0 Å². The third-order valence-electron chi connectivity index (χ3n) is 4.75. The van der Waals surface area contributed by atoms with Crippen molar-refractivity contribution in [3.8, 4) is 0 Å². The Morgan fingerprint density at radius 3 is 2.81 bits per heavy atom. The maximum absolute atomic E-state index is 6.46. The Kier molecular flexibility index (Phi) is 3.86. The lowest BCUT2D eigenvalue weighted by atomic mass is 10.0. The summed E-state index contributed by atoms with van der Waals surface area (Å²) in [6.45, 7) is 0.888. The average molecular weight is 374 g/mol. The Hall–Kier alpha value is -3.19. The van der Waals surface area contributed by atoms with E-state index in [9.17, 15) is 0 Å². The van der Waals surface area contributed by atoms with Gasteiger partial charge in [0.05, 0.1) is 10.2 Å². The molecule has 6 nitrogen and oxygen atoms in total. The Morgan fingerprint density at radius 2 is 1.89 bits per heavy atom. The average Bonchev–Trinajstić information content (AvgIpc) is 3.12. The molecule has 134 valence electrons.